The summed E-state index contributed by atoms with van der Waals surface area (Å²) >= 11 is 0. The van der Waals surface area contributed by atoms with Crippen LogP contribution in [-0.2, 0) is 4.79 Å². The molecule has 0 radical (unpaired) electrons. The fourth-order valence-corrected chi connectivity index (χ4v) is 4.63. The van der Waals surface area contributed by atoms with Crippen LogP contribution >= 0.6 is 0 Å². The zero-order valence-corrected chi connectivity index (χ0v) is 22.6. The van der Waals surface area contributed by atoms with Crippen molar-refractivity contribution >= 4 is 28.6 Å². The Labute approximate surface area is 218 Å². The van der Waals surface area contributed by atoms with E-state index in [0.29, 0.717) is 56.7 Å². The molecule has 1 amide bonds. The lowest BCUT2D eigenvalue weighted by Crippen LogP contribution is -2.48. The Kier molecular flexibility index (Phi) is 7.94. The van der Waals surface area contributed by atoms with Crippen LogP contribution in [0.25, 0.3) is 10.9 Å². The van der Waals surface area contributed by atoms with Crippen molar-refractivity contribution in [1.29, 1.82) is 0 Å². The van der Waals surface area contributed by atoms with Gasteiger partial charge in [-0.25, -0.2) is 4.98 Å². The van der Waals surface area contributed by atoms with Crippen LogP contribution in [0.5, 0.6) is 17.4 Å². The number of aromatic hydroxyl groups is 1. The molecule has 1 aromatic carbocycles. The molecule has 1 saturated heterocycles. The van der Waals surface area contributed by atoms with Gasteiger partial charge in [0.2, 0.25) is 17.7 Å². The van der Waals surface area contributed by atoms with Gasteiger partial charge < -0.3 is 34.3 Å². The van der Waals surface area contributed by atoms with Crippen LogP contribution in [-0.4, -0.2) is 69.8 Å². The number of nitrogens with one attached hydrogen (secondary N) is 1. The molecule has 2 N–H and O–H groups in total. The van der Waals surface area contributed by atoms with Crippen LogP contribution in [0, 0.1) is 0 Å². The highest BCUT2D eigenvalue weighted by atomic mass is 16.5. The van der Waals surface area contributed by atoms with Gasteiger partial charge in [-0.2, -0.15) is 4.98 Å². The van der Waals surface area contributed by atoms with Crippen molar-refractivity contribution in [3.8, 4) is 17.4 Å². The highest BCUT2D eigenvalue weighted by molar-refractivity contribution is 5.94. The lowest BCUT2D eigenvalue weighted by atomic mass is 10.1. The number of anilines is 2. The van der Waals surface area contributed by atoms with Crippen molar-refractivity contribution in [2.24, 2.45) is 0 Å². The molecule has 0 aliphatic carbocycles. The van der Waals surface area contributed by atoms with Crippen LogP contribution in [0.1, 0.15) is 59.2 Å². The normalized spacial score (nSPS) is 14.8. The molecule has 0 bridgehead atoms. The molecule has 4 rings (SSSR count). The van der Waals surface area contributed by atoms with Crippen LogP contribution < -0.4 is 19.7 Å². The Morgan fingerprint density at radius 3 is 2.41 bits per heavy atom. The summed E-state index contributed by atoms with van der Waals surface area (Å²) < 4.78 is 13.4. The Morgan fingerprint density at radius 2 is 1.78 bits per heavy atom. The summed E-state index contributed by atoms with van der Waals surface area (Å²) in [5, 5.41) is 15.3. The SMILES string of the molecule is CCOc1ccc([C@@H](C)Nc2nc(N3CCN(C(C)=O)CC3)nc3c(O)n(C(C)C)cc23)c(OCC)c1. The van der Waals surface area contributed by atoms with Crippen molar-refractivity contribution in [2.45, 2.75) is 53.6 Å². The molecule has 0 spiro atoms. The van der Waals surface area contributed by atoms with Gasteiger partial charge in [0.05, 0.1) is 24.6 Å². The minimum Gasteiger partial charge on any atom is -0.494 e. The Morgan fingerprint density at radius 1 is 1.08 bits per heavy atom. The number of benzene rings is 1. The Bertz CT molecular complexity index is 1250. The smallest absolute Gasteiger partial charge is 0.228 e. The number of piperazine rings is 1. The number of carbonyl (C=O) groups is 1. The van der Waals surface area contributed by atoms with Crippen molar-refractivity contribution < 1.29 is 19.4 Å². The first-order valence-electron chi connectivity index (χ1n) is 13.0. The Balaban J connectivity index is 1.72. The number of nitrogens with zero attached hydrogens (tertiary/aromatic N) is 5. The second-order valence-corrected chi connectivity index (χ2v) is 9.51. The molecule has 3 heterocycles. The van der Waals surface area contributed by atoms with Gasteiger partial charge in [0.1, 0.15) is 22.8 Å². The third-order valence-electron chi connectivity index (χ3n) is 6.64. The largest absolute Gasteiger partial charge is 0.494 e. The van der Waals surface area contributed by atoms with Crippen molar-refractivity contribution in [2.75, 3.05) is 49.6 Å². The van der Waals surface area contributed by atoms with Crippen LogP contribution in [0.3, 0.4) is 0 Å². The molecule has 1 aliphatic rings. The van der Waals surface area contributed by atoms with Gasteiger partial charge in [0.25, 0.3) is 0 Å². The number of rotatable bonds is 9. The maximum atomic E-state index is 11.8. The summed E-state index contributed by atoms with van der Waals surface area (Å²) in [4.78, 5) is 25.3. The molecule has 1 aliphatic heterocycles. The first-order valence-corrected chi connectivity index (χ1v) is 13.0. The van der Waals surface area contributed by atoms with Gasteiger partial charge >= 0.3 is 0 Å². The van der Waals surface area contributed by atoms with Gasteiger partial charge in [-0.15, -0.1) is 0 Å². The van der Waals surface area contributed by atoms with Gasteiger partial charge in [-0.05, 0) is 46.8 Å². The van der Waals surface area contributed by atoms with Crippen LogP contribution in [0.15, 0.2) is 24.4 Å². The van der Waals surface area contributed by atoms with E-state index >= 15 is 0 Å². The van der Waals surface area contributed by atoms with E-state index in [1.54, 1.807) is 11.5 Å². The summed E-state index contributed by atoms with van der Waals surface area (Å²) in [6.07, 6.45) is 1.89. The second-order valence-electron chi connectivity index (χ2n) is 9.51. The highest BCUT2D eigenvalue weighted by Crippen LogP contribution is 2.37. The molecule has 37 heavy (non-hydrogen) atoms. The topological polar surface area (TPSA) is 105 Å². The minimum absolute atomic E-state index is 0.0534. The van der Waals surface area contributed by atoms with E-state index in [2.05, 4.69) is 17.1 Å². The van der Waals surface area contributed by atoms with Gasteiger partial charge in [0, 0.05) is 57.0 Å². The molecule has 200 valence electrons. The zero-order chi connectivity index (χ0) is 26.7. The summed E-state index contributed by atoms with van der Waals surface area (Å²) in [5.74, 6) is 2.85. The van der Waals surface area contributed by atoms with E-state index in [9.17, 15) is 9.90 Å². The second kappa shape index (κ2) is 11.1. The predicted molar refractivity (Wildman–Crippen MR) is 145 cm³/mol. The van der Waals surface area contributed by atoms with E-state index < -0.39 is 0 Å². The molecule has 0 saturated carbocycles. The van der Waals surface area contributed by atoms with E-state index in [1.165, 1.54) is 0 Å². The van der Waals surface area contributed by atoms with Crippen LogP contribution in [0.4, 0.5) is 11.8 Å². The zero-order valence-electron chi connectivity index (χ0n) is 22.6. The molecule has 10 nitrogen and oxygen atoms in total. The number of hydrogen-bond donors (Lipinski definition) is 2. The van der Waals surface area contributed by atoms with E-state index in [0.717, 1.165) is 22.4 Å². The van der Waals surface area contributed by atoms with Crippen molar-refractivity contribution in [1.82, 2.24) is 19.4 Å². The van der Waals surface area contributed by atoms with Gasteiger partial charge in [0.15, 0.2) is 0 Å². The Hall–Kier alpha value is -3.69. The number of ether oxygens (including phenoxy) is 2. The van der Waals surface area contributed by atoms with Crippen LogP contribution in [0.2, 0.25) is 0 Å². The lowest BCUT2D eigenvalue weighted by molar-refractivity contribution is -0.129. The van der Waals surface area contributed by atoms with Crippen molar-refractivity contribution in [3.05, 3.63) is 30.0 Å². The van der Waals surface area contributed by atoms with E-state index in [-0.39, 0.29) is 23.9 Å². The van der Waals surface area contributed by atoms with Crippen molar-refractivity contribution in [3.63, 3.8) is 0 Å². The molecule has 1 fully saturated rings. The fourth-order valence-electron chi connectivity index (χ4n) is 4.63. The molecule has 10 heteroatoms. The number of carbonyl (C=O) groups excluding carboxylic acids is 1. The molecular weight excluding hydrogens is 472 g/mol. The number of hydrogen-bond acceptors (Lipinski definition) is 8. The maximum Gasteiger partial charge on any atom is 0.228 e. The summed E-state index contributed by atoms with van der Waals surface area (Å²) in [7, 11) is 0. The predicted octanol–water partition coefficient (Wildman–Crippen LogP) is 4.36. The minimum atomic E-state index is -0.151. The molecule has 2 aromatic heterocycles. The van der Waals surface area contributed by atoms with E-state index in [1.807, 2.05) is 57.0 Å². The number of fused-ring (bicyclic) bond motifs is 1. The quantitative estimate of drug-likeness (QED) is 0.438. The van der Waals surface area contributed by atoms with Gasteiger partial charge in [-0.1, -0.05) is 0 Å². The van der Waals surface area contributed by atoms with Gasteiger partial charge in [-0.3, -0.25) is 4.79 Å². The summed E-state index contributed by atoms with van der Waals surface area (Å²) in [5.41, 5.74) is 1.47. The first-order chi connectivity index (χ1) is 17.7. The average molecular weight is 511 g/mol. The standard InChI is InChI=1S/C27H38N6O4/c1-7-36-20-9-10-21(23(15-20)37-8-2)18(5)28-25-22-16-33(17(3)4)26(35)24(22)29-27(30-25)32-13-11-31(12-14-32)19(6)34/h9-10,15-18,35H,7-8,11-14H2,1-6H3,(H,28,29,30)/t18-/m1/s1. The lowest BCUT2D eigenvalue weighted by Gasteiger charge is -2.34. The fraction of sp³-hybridized carbons (Fsp3) is 0.519. The number of aromatic nitrogens is 3. The summed E-state index contributed by atoms with van der Waals surface area (Å²) in [6.45, 7) is 15.2. The molecule has 0 unspecified atom stereocenters. The maximum absolute atomic E-state index is 11.8. The first kappa shape index (κ1) is 26.4. The summed E-state index contributed by atoms with van der Waals surface area (Å²) in [6, 6.07) is 5.76. The molecule has 3 aromatic rings. The average Bonchev–Trinajstić information content (AvgIpc) is 3.21. The molecule has 1 atom stereocenters. The van der Waals surface area contributed by atoms with E-state index in [4.69, 9.17) is 19.4 Å². The number of amides is 1. The molecular formula is C27H38N6O4. The third-order valence-corrected chi connectivity index (χ3v) is 6.64. The highest BCUT2D eigenvalue weighted by Gasteiger charge is 2.25. The monoisotopic (exact) mass is 510 g/mol. The third kappa shape index (κ3) is 5.52.